The standard InChI is InChI=1S/C20H25N5O/c26-20(24-10-2-1-3-11-24)25-12-4-5-17(14-25)19-18(13-22-15-23-19)16-6-8-21-9-7-16/h6-9,13,15,17H,1-5,10-12,14H2/t17-/m1/s1. The number of hydrogen-bond donors (Lipinski definition) is 0. The van der Waals surface area contributed by atoms with Gasteiger partial charge in [-0.1, -0.05) is 0 Å². The molecule has 2 aromatic heterocycles. The lowest BCUT2D eigenvalue weighted by atomic mass is 9.90. The lowest BCUT2D eigenvalue weighted by molar-refractivity contribution is 0.130. The zero-order valence-corrected chi connectivity index (χ0v) is 15.0. The number of carbonyl (C=O) groups excluding carboxylic acids is 1. The van der Waals surface area contributed by atoms with E-state index in [4.69, 9.17) is 0 Å². The van der Waals surface area contributed by atoms with Crippen LogP contribution >= 0.6 is 0 Å². The Morgan fingerprint density at radius 3 is 2.54 bits per heavy atom. The van der Waals surface area contributed by atoms with Gasteiger partial charge in [-0.2, -0.15) is 0 Å². The number of rotatable bonds is 2. The Bertz CT molecular complexity index is 745. The molecule has 0 radical (unpaired) electrons. The molecular weight excluding hydrogens is 326 g/mol. The molecule has 2 fully saturated rings. The Labute approximate surface area is 154 Å². The van der Waals surface area contributed by atoms with Gasteiger partial charge in [-0.05, 0) is 49.8 Å². The highest BCUT2D eigenvalue weighted by molar-refractivity contribution is 5.75. The molecule has 4 heterocycles. The van der Waals surface area contributed by atoms with Crippen LogP contribution in [0, 0.1) is 0 Å². The van der Waals surface area contributed by atoms with E-state index in [0.717, 1.165) is 68.7 Å². The number of hydrogen-bond acceptors (Lipinski definition) is 4. The van der Waals surface area contributed by atoms with Gasteiger partial charge in [0.25, 0.3) is 0 Å². The van der Waals surface area contributed by atoms with Crippen LogP contribution in [-0.2, 0) is 0 Å². The molecule has 6 nitrogen and oxygen atoms in total. The van der Waals surface area contributed by atoms with E-state index in [2.05, 4.69) is 15.0 Å². The predicted octanol–water partition coefficient (Wildman–Crippen LogP) is 3.32. The number of nitrogens with zero attached hydrogens (tertiary/aromatic N) is 5. The number of carbonyl (C=O) groups is 1. The van der Waals surface area contributed by atoms with E-state index < -0.39 is 0 Å². The summed E-state index contributed by atoms with van der Waals surface area (Å²) >= 11 is 0. The minimum absolute atomic E-state index is 0.203. The maximum absolute atomic E-state index is 12.9. The van der Waals surface area contributed by atoms with Crippen molar-refractivity contribution in [1.82, 2.24) is 24.8 Å². The van der Waals surface area contributed by atoms with Crippen molar-refractivity contribution in [1.29, 1.82) is 0 Å². The molecule has 6 heteroatoms. The number of amides is 2. The number of likely N-dealkylation sites (tertiary alicyclic amines) is 2. The van der Waals surface area contributed by atoms with Crippen molar-refractivity contribution in [2.75, 3.05) is 26.2 Å². The molecule has 2 saturated heterocycles. The summed E-state index contributed by atoms with van der Waals surface area (Å²) in [6, 6.07) is 4.18. The van der Waals surface area contributed by atoms with Gasteiger partial charge in [0.1, 0.15) is 6.33 Å². The van der Waals surface area contributed by atoms with E-state index in [1.807, 2.05) is 28.1 Å². The molecule has 2 amide bonds. The molecular formula is C20H25N5O. The van der Waals surface area contributed by atoms with Crippen molar-refractivity contribution in [3.63, 3.8) is 0 Å². The van der Waals surface area contributed by atoms with Crippen molar-refractivity contribution in [2.24, 2.45) is 0 Å². The number of urea groups is 1. The van der Waals surface area contributed by atoms with Crippen LogP contribution in [0.5, 0.6) is 0 Å². The Hall–Kier alpha value is -2.50. The molecule has 2 aliphatic rings. The van der Waals surface area contributed by atoms with Crippen LogP contribution in [0.25, 0.3) is 11.1 Å². The molecule has 4 rings (SSSR count). The maximum atomic E-state index is 12.9. The molecule has 0 saturated carbocycles. The minimum Gasteiger partial charge on any atom is -0.325 e. The quantitative estimate of drug-likeness (QED) is 0.833. The Kier molecular flexibility index (Phi) is 5.09. The molecule has 26 heavy (non-hydrogen) atoms. The second-order valence-electron chi connectivity index (χ2n) is 7.17. The van der Waals surface area contributed by atoms with E-state index in [1.165, 1.54) is 6.42 Å². The zero-order chi connectivity index (χ0) is 17.8. The number of pyridine rings is 1. The first-order chi connectivity index (χ1) is 12.8. The molecule has 136 valence electrons. The fourth-order valence-corrected chi connectivity index (χ4v) is 4.08. The molecule has 0 aromatic carbocycles. The smallest absolute Gasteiger partial charge is 0.320 e. The summed E-state index contributed by atoms with van der Waals surface area (Å²) in [5.41, 5.74) is 3.17. The summed E-state index contributed by atoms with van der Waals surface area (Å²) in [6.07, 6.45) is 12.6. The van der Waals surface area contributed by atoms with E-state index in [0.29, 0.717) is 0 Å². The van der Waals surface area contributed by atoms with Crippen molar-refractivity contribution in [3.05, 3.63) is 42.7 Å². The second kappa shape index (κ2) is 7.81. The molecule has 0 bridgehead atoms. The van der Waals surface area contributed by atoms with Gasteiger partial charge in [0, 0.05) is 56.3 Å². The van der Waals surface area contributed by atoms with Gasteiger partial charge in [-0.3, -0.25) is 4.98 Å². The van der Waals surface area contributed by atoms with Crippen LogP contribution in [-0.4, -0.2) is 57.0 Å². The van der Waals surface area contributed by atoms with Crippen molar-refractivity contribution in [2.45, 2.75) is 38.0 Å². The van der Waals surface area contributed by atoms with Crippen molar-refractivity contribution >= 4 is 6.03 Å². The van der Waals surface area contributed by atoms with E-state index >= 15 is 0 Å². The molecule has 0 aliphatic carbocycles. The largest absolute Gasteiger partial charge is 0.325 e. The SMILES string of the molecule is O=C(N1CCCCC1)N1CCC[C@@H](c2ncncc2-c2ccncc2)C1. The molecule has 0 spiro atoms. The summed E-state index contributed by atoms with van der Waals surface area (Å²) in [5.74, 6) is 0.253. The van der Waals surface area contributed by atoms with Crippen molar-refractivity contribution in [3.8, 4) is 11.1 Å². The van der Waals surface area contributed by atoms with Crippen LogP contribution in [0.1, 0.15) is 43.7 Å². The van der Waals surface area contributed by atoms with E-state index in [9.17, 15) is 4.79 Å². The highest BCUT2D eigenvalue weighted by Gasteiger charge is 2.30. The third-order valence-corrected chi connectivity index (χ3v) is 5.44. The number of piperidine rings is 2. The van der Waals surface area contributed by atoms with Crippen LogP contribution < -0.4 is 0 Å². The first-order valence-electron chi connectivity index (χ1n) is 9.57. The number of aromatic nitrogens is 3. The summed E-state index contributed by atoms with van der Waals surface area (Å²) in [6.45, 7) is 3.39. The van der Waals surface area contributed by atoms with E-state index in [1.54, 1.807) is 18.7 Å². The third-order valence-electron chi connectivity index (χ3n) is 5.44. The predicted molar refractivity (Wildman–Crippen MR) is 99.6 cm³/mol. The first kappa shape index (κ1) is 16.9. The van der Waals surface area contributed by atoms with Gasteiger partial charge in [-0.15, -0.1) is 0 Å². The monoisotopic (exact) mass is 351 g/mol. The van der Waals surface area contributed by atoms with Gasteiger partial charge < -0.3 is 9.80 Å². The van der Waals surface area contributed by atoms with Crippen molar-refractivity contribution < 1.29 is 4.79 Å². The molecule has 0 N–H and O–H groups in total. The minimum atomic E-state index is 0.203. The Balaban J connectivity index is 1.54. The molecule has 1 atom stereocenters. The van der Waals surface area contributed by atoms with Crippen LogP contribution in [0.3, 0.4) is 0 Å². The lowest BCUT2D eigenvalue weighted by Gasteiger charge is -2.37. The second-order valence-corrected chi connectivity index (χ2v) is 7.17. The third kappa shape index (κ3) is 3.54. The van der Waals surface area contributed by atoms with Gasteiger partial charge in [0.05, 0.1) is 5.69 Å². The lowest BCUT2D eigenvalue weighted by Crippen LogP contribution is -2.48. The summed E-state index contributed by atoms with van der Waals surface area (Å²) in [5, 5.41) is 0. The highest BCUT2D eigenvalue weighted by Crippen LogP contribution is 2.32. The van der Waals surface area contributed by atoms with Gasteiger partial charge in [-0.25, -0.2) is 14.8 Å². The summed E-state index contributed by atoms with van der Waals surface area (Å²) in [4.78, 5) is 29.9. The van der Waals surface area contributed by atoms with Gasteiger partial charge in [0.2, 0.25) is 0 Å². The molecule has 0 unspecified atom stereocenters. The van der Waals surface area contributed by atoms with Crippen LogP contribution in [0.2, 0.25) is 0 Å². The fourth-order valence-electron chi connectivity index (χ4n) is 4.08. The average molecular weight is 351 g/mol. The average Bonchev–Trinajstić information content (AvgIpc) is 2.74. The fraction of sp³-hybridized carbons (Fsp3) is 0.500. The zero-order valence-electron chi connectivity index (χ0n) is 15.0. The van der Waals surface area contributed by atoms with Crippen LogP contribution in [0.15, 0.2) is 37.1 Å². The topological polar surface area (TPSA) is 62.2 Å². The van der Waals surface area contributed by atoms with Gasteiger partial charge >= 0.3 is 6.03 Å². The van der Waals surface area contributed by atoms with E-state index in [-0.39, 0.29) is 11.9 Å². The van der Waals surface area contributed by atoms with Crippen LogP contribution in [0.4, 0.5) is 4.79 Å². The summed E-state index contributed by atoms with van der Waals surface area (Å²) in [7, 11) is 0. The highest BCUT2D eigenvalue weighted by atomic mass is 16.2. The first-order valence-corrected chi connectivity index (χ1v) is 9.57. The molecule has 2 aliphatic heterocycles. The van der Waals surface area contributed by atoms with Gasteiger partial charge in [0.15, 0.2) is 0 Å². The summed E-state index contributed by atoms with van der Waals surface area (Å²) < 4.78 is 0. The molecule has 2 aromatic rings. The Morgan fingerprint density at radius 1 is 0.962 bits per heavy atom. The Morgan fingerprint density at radius 2 is 1.73 bits per heavy atom. The normalized spacial score (nSPS) is 20.8. The maximum Gasteiger partial charge on any atom is 0.320 e.